The van der Waals surface area contributed by atoms with Gasteiger partial charge >= 0.3 is 0 Å². The van der Waals surface area contributed by atoms with Crippen LogP contribution in [-0.2, 0) is 11.3 Å². The Morgan fingerprint density at radius 1 is 1.16 bits per heavy atom. The predicted molar refractivity (Wildman–Crippen MR) is 113 cm³/mol. The quantitative estimate of drug-likeness (QED) is 0.770. The zero-order valence-corrected chi connectivity index (χ0v) is 17.4. The summed E-state index contributed by atoms with van der Waals surface area (Å²) in [5, 5.41) is 3.21. The molecule has 164 valence electrons. The number of carbonyl (C=O) groups is 1. The van der Waals surface area contributed by atoms with Crippen molar-refractivity contribution in [1.29, 1.82) is 0 Å². The van der Waals surface area contributed by atoms with E-state index in [1.807, 2.05) is 6.07 Å². The van der Waals surface area contributed by atoms with Gasteiger partial charge in [-0.2, -0.15) is 0 Å². The fraction of sp³-hybridized carbons (Fsp3) is 0.458. The molecule has 4 heterocycles. The molecule has 2 aromatic carbocycles. The van der Waals surface area contributed by atoms with Crippen molar-refractivity contribution in [3.8, 4) is 11.5 Å². The van der Waals surface area contributed by atoms with Crippen LogP contribution in [-0.4, -0.2) is 55.8 Å². The van der Waals surface area contributed by atoms with Gasteiger partial charge in [-0.3, -0.25) is 4.79 Å². The third-order valence-electron chi connectivity index (χ3n) is 6.36. The number of hydrogen-bond acceptors (Lipinski definition) is 5. The molecule has 0 unspecified atom stereocenters. The van der Waals surface area contributed by atoms with Crippen molar-refractivity contribution in [2.75, 3.05) is 32.8 Å². The highest BCUT2D eigenvalue weighted by atomic mass is 19.1. The smallest absolute Gasteiger partial charge is 0.251 e. The first-order valence-electron chi connectivity index (χ1n) is 10.9. The number of amides is 1. The van der Waals surface area contributed by atoms with Crippen molar-refractivity contribution in [2.45, 2.75) is 31.6 Å². The van der Waals surface area contributed by atoms with Crippen molar-refractivity contribution >= 4 is 5.91 Å². The Kier molecular flexibility index (Phi) is 5.78. The first kappa shape index (κ1) is 20.3. The monoisotopic (exact) mass is 426 g/mol. The van der Waals surface area contributed by atoms with Crippen LogP contribution in [0.3, 0.4) is 0 Å². The number of piperidine rings is 3. The highest BCUT2D eigenvalue weighted by molar-refractivity contribution is 5.95. The van der Waals surface area contributed by atoms with Crippen molar-refractivity contribution in [1.82, 2.24) is 10.2 Å². The van der Waals surface area contributed by atoms with Crippen LogP contribution in [0.5, 0.6) is 11.5 Å². The second-order valence-corrected chi connectivity index (χ2v) is 8.58. The van der Waals surface area contributed by atoms with Crippen LogP contribution in [0.2, 0.25) is 0 Å². The van der Waals surface area contributed by atoms with E-state index in [0.717, 1.165) is 38.0 Å². The molecule has 0 aliphatic carbocycles. The number of benzene rings is 2. The summed E-state index contributed by atoms with van der Waals surface area (Å²) in [6.45, 7) is 4.19. The molecule has 0 aromatic heterocycles. The van der Waals surface area contributed by atoms with E-state index < -0.39 is 0 Å². The Bertz CT molecular complexity index is 945. The molecule has 4 aliphatic rings. The lowest BCUT2D eigenvalue weighted by molar-refractivity contribution is 0.00261. The zero-order valence-electron chi connectivity index (χ0n) is 17.4. The van der Waals surface area contributed by atoms with Gasteiger partial charge in [0.05, 0.1) is 13.2 Å². The van der Waals surface area contributed by atoms with Gasteiger partial charge in [-0.25, -0.2) is 4.39 Å². The zero-order chi connectivity index (χ0) is 21.2. The third kappa shape index (κ3) is 4.67. The molecule has 2 aromatic rings. The van der Waals surface area contributed by atoms with E-state index in [1.54, 1.807) is 24.3 Å². The van der Waals surface area contributed by atoms with Crippen LogP contribution in [0.15, 0.2) is 42.5 Å². The van der Waals surface area contributed by atoms with E-state index in [9.17, 15) is 9.18 Å². The second-order valence-electron chi connectivity index (χ2n) is 8.58. The van der Waals surface area contributed by atoms with Crippen LogP contribution in [0, 0.1) is 11.7 Å². The normalized spacial score (nSPS) is 26.5. The lowest BCUT2D eigenvalue weighted by Crippen LogP contribution is -2.57. The molecule has 6 rings (SSSR count). The average molecular weight is 426 g/mol. The van der Waals surface area contributed by atoms with Gasteiger partial charge in [0.1, 0.15) is 12.4 Å². The number of nitrogens with zero attached hydrogens (tertiary/aromatic N) is 1. The predicted octanol–water partition coefficient (Wildman–Crippen LogP) is 3.01. The molecule has 6 nitrogen and oxygen atoms in total. The minimum Gasteiger partial charge on any atom is -0.486 e. The van der Waals surface area contributed by atoms with Gasteiger partial charge in [0.2, 0.25) is 0 Å². The molecule has 0 radical (unpaired) electrons. The molecule has 4 aliphatic heterocycles. The number of rotatable bonds is 6. The summed E-state index contributed by atoms with van der Waals surface area (Å²) in [4.78, 5) is 15.3. The van der Waals surface area contributed by atoms with Gasteiger partial charge in [0.25, 0.3) is 5.91 Å². The number of carbonyl (C=O) groups excluding carboxylic acids is 1. The van der Waals surface area contributed by atoms with Gasteiger partial charge < -0.3 is 24.4 Å². The topological polar surface area (TPSA) is 60.0 Å². The number of ether oxygens (including phenoxy) is 3. The summed E-state index contributed by atoms with van der Waals surface area (Å²) in [6.07, 6.45) is 2.02. The lowest BCUT2D eigenvalue weighted by Gasteiger charge is -2.44. The summed E-state index contributed by atoms with van der Waals surface area (Å²) in [5.74, 6) is 1.39. The minimum absolute atomic E-state index is 0.0744. The Balaban J connectivity index is 1.17. The van der Waals surface area contributed by atoms with E-state index in [2.05, 4.69) is 10.2 Å². The largest absolute Gasteiger partial charge is 0.486 e. The second kappa shape index (κ2) is 8.85. The summed E-state index contributed by atoms with van der Waals surface area (Å²) in [5.41, 5.74) is 1.34. The Morgan fingerprint density at radius 3 is 2.81 bits per heavy atom. The maximum absolute atomic E-state index is 13.3. The van der Waals surface area contributed by atoms with Crippen molar-refractivity contribution in [3.05, 3.63) is 59.4 Å². The highest BCUT2D eigenvalue weighted by Crippen LogP contribution is 2.33. The molecule has 3 saturated heterocycles. The molecule has 0 saturated carbocycles. The van der Waals surface area contributed by atoms with Gasteiger partial charge in [0.15, 0.2) is 17.6 Å². The number of fused-ring (bicyclic) bond motifs is 4. The van der Waals surface area contributed by atoms with E-state index in [0.29, 0.717) is 42.8 Å². The van der Waals surface area contributed by atoms with Gasteiger partial charge in [0, 0.05) is 18.2 Å². The Hall–Kier alpha value is -2.64. The van der Waals surface area contributed by atoms with Crippen LogP contribution >= 0.6 is 0 Å². The fourth-order valence-corrected chi connectivity index (χ4v) is 4.65. The molecule has 2 bridgehead atoms. The molecule has 3 fully saturated rings. The van der Waals surface area contributed by atoms with Crippen molar-refractivity contribution in [3.63, 3.8) is 0 Å². The van der Waals surface area contributed by atoms with Crippen molar-refractivity contribution < 1.29 is 23.4 Å². The average Bonchev–Trinajstić information content (AvgIpc) is 2.79. The SMILES string of the molecule is O=C(N[C@H]1CN2CCC1CC2)c1ccc2c(c1)O[C@@H](COCc1cccc(F)c1)CO2. The first-order valence-corrected chi connectivity index (χ1v) is 10.9. The van der Waals surface area contributed by atoms with E-state index in [1.165, 1.54) is 12.1 Å². The number of nitrogens with one attached hydrogen (secondary N) is 1. The molecular weight excluding hydrogens is 399 g/mol. The van der Waals surface area contributed by atoms with E-state index in [4.69, 9.17) is 14.2 Å². The fourth-order valence-electron chi connectivity index (χ4n) is 4.65. The molecule has 1 amide bonds. The Labute approximate surface area is 181 Å². The van der Waals surface area contributed by atoms with Crippen LogP contribution in [0.1, 0.15) is 28.8 Å². The highest BCUT2D eigenvalue weighted by Gasteiger charge is 2.35. The molecule has 2 atom stereocenters. The summed E-state index contributed by atoms with van der Waals surface area (Å²) in [7, 11) is 0. The third-order valence-corrected chi connectivity index (χ3v) is 6.36. The molecule has 7 heteroatoms. The van der Waals surface area contributed by atoms with Crippen LogP contribution in [0.4, 0.5) is 4.39 Å². The standard InChI is InChI=1S/C24H27FN2O4/c25-19-3-1-2-16(10-19)13-29-14-20-15-30-22-5-4-18(11-23(22)31-20)24(28)26-21-12-27-8-6-17(21)7-9-27/h1-5,10-11,17,20-21H,6-9,12-15H2,(H,26,28)/t20-,21-/m0/s1. The number of halogens is 1. The summed E-state index contributed by atoms with van der Waals surface area (Å²) in [6, 6.07) is 11.8. The van der Waals surface area contributed by atoms with Gasteiger partial charge in [-0.05, 0) is 67.7 Å². The van der Waals surface area contributed by atoms with Crippen LogP contribution < -0.4 is 14.8 Å². The van der Waals surface area contributed by atoms with Gasteiger partial charge in [-0.1, -0.05) is 12.1 Å². The molecule has 0 spiro atoms. The summed E-state index contributed by atoms with van der Waals surface area (Å²) < 4.78 is 30.7. The van der Waals surface area contributed by atoms with E-state index >= 15 is 0 Å². The number of hydrogen-bond donors (Lipinski definition) is 1. The van der Waals surface area contributed by atoms with Crippen molar-refractivity contribution in [2.24, 2.45) is 5.92 Å². The molecule has 1 N–H and O–H groups in total. The minimum atomic E-state index is -0.291. The Morgan fingerprint density at radius 2 is 2.03 bits per heavy atom. The van der Waals surface area contributed by atoms with Crippen LogP contribution in [0.25, 0.3) is 0 Å². The molecule has 31 heavy (non-hydrogen) atoms. The maximum Gasteiger partial charge on any atom is 0.251 e. The first-order chi connectivity index (χ1) is 15.1. The summed E-state index contributed by atoms with van der Waals surface area (Å²) >= 11 is 0. The maximum atomic E-state index is 13.3. The van der Waals surface area contributed by atoms with Gasteiger partial charge in [-0.15, -0.1) is 0 Å². The van der Waals surface area contributed by atoms with E-state index in [-0.39, 0.29) is 23.9 Å². The lowest BCUT2D eigenvalue weighted by atomic mass is 9.84. The molecular formula is C24H27FN2O4.